The third-order valence-corrected chi connectivity index (χ3v) is 6.61. The lowest BCUT2D eigenvalue weighted by atomic mass is 10.00. The maximum Gasteiger partial charge on any atom is 0.411 e. The Morgan fingerprint density at radius 2 is 1.56 bits per heavy atom. The van der Waals surface area contributed by atoms with E-state index in [1.54, 1.807) is 13.0 Å². The van der Waals surface area contributed by atoms with Crippen molar-refractivity contribution in [3.8, 4) is 22.5 Å². The number of aryl methyl sites for hydroxylation is 2. The largest absolute Gasteiger partial charge is 0.466 e. The van der Waals surface area contributed by atoms with Crippen molar-refractivity contribution >= 4 is 29.4 Å². The molecule has 0 saturated heterocycles. The Bertz CT molecular complexity index is 1400. The highest BCUT2D eigenvalue weighted by Crippen LogP contribution is 2.32. The number of halogens is 1. The summed E-state index contributed by atoms with van der Waals surface area (Å²) in [6, 6.07) is 23.6. The lowest BCUT2D eigenvalue weighted by molar-refractivity contribution is -0.143. The maximum atomic E-state index is 12.5. The summed E-state index contributed by atoms with van der Waals surface area (Å²) < 4.78 is 15.9. The van der Waals surface area contributed by atoms with E-state index in [2.05, 4.69) is 34.7 Å². The Kier molecular flexibility index (Phi) is 9.75. The van der Waals surface area contributed by atoms with Crippen LogP contribution in [-0.4, -0.2) is 30.4 Å². The van der Waals surface area contributed by atoms with Crippen molar-refractivity contribution < 1.29 is 23.6 Å². The monoisotopic (exact) mass is 546 g/mol. The molecular formula is C31H31ClN2O5. The Labute approximate surface area is 233 Å². The van der Waals surface area contributed by atoms with Gasteiger partial charge in [-0.1, -0.05) is 83.5 Å². The quantitative estimate of drug-likeness (QED) is 0.194. The van der Waals surface area contributed by atoms with Gasteiger partial charge in [0, 0.05) is 23.4 Å². The van der Waals surface area contributed by atoms with Gasteiger partial charge in [0.2, 0.25) is 0 Å². The van der Waals surface area contributed by atoms with E-state index in [0.29, 0.717) is 41.6 Å². The van der Waals surface area contributed by atoms with E-state index >= 15 is 0 Å². The molecule has 4 aromatic rings. The molecule has 7 nitrogen and oxygen atoms in total. The summed E-state index contributed by atoms with van der Waals surface area (Å²) in [6.07, 6.45) is 1.93. The van der Waals surface area contributed by atoms with Crippen molar-refractivity contribution in [1.29, 1.82) is 0 Å². The van der Waals surface area contributed by atoms with Crippen LogP contribution < -0.4 is 5.32 Å². The van der Waals surface area contributed by atoms with Gasteiger partial charge < -0.3 is 14.0 Å². The van der Waals surface area contributed by atoms with Crippen LogP contribution in [-0.2, 0) is 27.1 Å². The van der Waals surface area contributed by atoms with Crippen LogP contribution in [0.3, 0.4) is 0 Å². The molecule has 0 fully saturated rings. The van der Waals surface area contributed by atoms with Gasteiger partial charge in [0.25, 0.3) is 0 Å². The van der Waals surface area contributed by atoms with Crippen LogP contribution in [0.4, 0.5) is 10.5 Å². The van der Waals surface area contributed by atoms with Gasteiger partial charge in [0.05, 0.1) is 13.2 Å². The van der Waals surface area contributed by atoms with Crippen molar-refractivity contribution in [2.75, 3.05) is 18.5 Å². The molecule has 4 rings (SSSR count). The zero-order valence-electron chi connectivity index (χ0n) is 22.0. The minimum absolute atomic E-state index is 0.153. The van der Waals surface area contributed by atoms with Crippen LogP contribution in [0.5, 0.6) is 0 Å². The normalized spacial score (nSPS) is 10.7. The number of rotatable bonds is 11. The number of anilines is 1. The van der Waals surface area contributed by atoms with Gasteiger partial charge in [0.15, 0.2) is 5.76 Å². The topological polar surface area (TPSA) is 90.7 Å². The number of carbonyl (C=O) groups excluding carboxylic acids is 2. The van der Waals surface area contributed by atoms with Crippen LogP contribution in [0.2, 0.25) is 5.02 Å². The van der Waals surface area contributed by atoms with E-state index in [0.717, 1.165) is 35.1 Å². The molecule has 0 spiro atoms. The summed E-state index contributed by atoms with van der Waals surface area (Å²) in [5, 5.41) is 7.43. The fourth-order valence-corrected chi connectivity index (χ4v) is 4.39. The summed E-state index contributed by atoms with van der Waals surface area (Å²) in [6.45, 7) is 4.18. The zero-order chi connectivity index (χ0) is 27.6. The molecule has 39 heavy (non-hydrogen) atoms. The minimum atomic E-state index is -0.589. The smallest absolute Gasteiger partial charge is 0.411 e. The van der Waals surface area contributed by atoms with Crippen LogP contribution in [0.15, 0.2) is 77.3 Å². The van der Waals surface area contributed by atoms with E-state index in [9.17, 15) is 9.59 Å². The SMILES string of the molecule is CCOC(=O)CCCc1ccc(-c2ccc(-c3onc(C)c3NC(=O)OCCc3ccccc3Cl)cc2)cc1. The molecule has 8 heteroatoms. The highest BCUT2D eigenvalue weighted by atomic mass is 35.5. The average Bonchev–Trinajstić information content (AvgIpc) is 3.30. The molecule has 1 N–H and O–H groups in total. The number of benzene rings is 3. The molecule has 0 radical (unpaired) electrons. The first kappa shape index (κ1) is 27.9. The molecule has 0 bridgehead atoms. The van der Waals surface area contributed by atoms with E-state index in [-0.39, 0.29) is 12.6 Å². The second-order valence-corrected chi connectivity index (χ2v) is 9.41. The predicted octanol–water partition coefficient (Wildman–Crippen LogP) is 7.65. The molecule has 0 aliphatic rings. The highest BCUT2D eigenvalue weighted by molar-refractivity contribution is 6.31. The van der Waals surface area contributed by atoms with Gasteiger partial charge in [-0.2, -0.15) is 0 Å². The van der Waals surface area contributed by atoms with E-state index in [1.807, 2.05) is 49.4 Å². The van der Waals surface area contributed by atoms with Gasteiger partial charge in [-0.3, -0.25) is 10.1 Å². The van der Waals surface area contributed by atoms with Crippen LogP contribution in [0, 0.1) is 6.92 Å². The van der Waals surface area contributed by atoms with Crippen molar-refractivity contribution in [3.63, 3.8) is 0 Å². The number of amides is 1. The standard InChI is InChI=1S/C31H31ClN2O5/c1-3-37-28(35)10-6-7-22-11-13-23(14-12-22)24-15-17-26(18-16-24)30-29(21(2)34-39-30)33-31(36)38-20-19-25-8-4-5-9-27(25)32/h4-5,8-9,11-18H,3,6-7,10,19-20H2,1-2H3,(H,33,36). The molecule has 1 amide bonds. The lowest BCUT2D eigenvalue weighted by Crippen LogP contribution is -2.16. The average molecular weight is 547 g/mol. The first-order valence-electron chi connectivity index (χ1n) is 12.9. The first-order chi connectivity index (χ1) is 18.9. The molecule has 1 heterocycles. The van der Waals surface area contributed by atoms with Gasteiger partial charge in [-0.15, -0.1) is 0 Å². The number of hydrogen-bond donors (Lipinski definition) is 1. The van der Waals surface area contributed by atoms with Crippen molar-refractivity contribution in [2.45, 2.75) is 39.5 Å². The molecule has 3 aromatic carbocycles. The Hall–Kier alpha value is -4.10. The summed E-state index contributed by atoms with van der Waals surface area (Å²) in [4.78, 5) is 24.0. The molecule has 202 valence electrons. The van der Waals surface area contributed by atoms with Gasteiger partial charge >= 0.3 is 12.1 Å². The molecular weight excluding hydrogens is 516 g/mol. The predicted molar refractivity (Wildman–Crippen MR) is 152 cm³/mol. The Balaban J connectivity index is 1.34. The molecule has 0 atom stereocenters. The molecule has 0 aliphatic carbocycles. The number of ether oxygens (including phenoxy) is 2. The second-order valence-electron chi connectivity index (χ2n) is 9.01. The summed E-state index contributed by atoms with van der Waals surface area (Å²) in [7, 11) is 0. The zero-order valence-corrected chi connectivity index (χ0v) is 22.8. The number of carbonyl (C=O) groups is 2. The first-order valence-corrected chi connectivity index (χ1v) is 13.3. The number of aromatic nitrogens is 1. The van der Waals surface area contributed by atoms with Crippen molar-refractivity contribution in [1.82, 2.24) is 5.16 Å². The molecule has 0 aliphatic heterocycles. The number of hydrogen-bond acceptors (Lipinski definition) is 6. The summed E-state index contributed by atoms with van der Waals surface area (Å²) >= 11 is 6.17. The summed E-state index contributed by atoms with van der Waals surface area (Å²) in [5.41, 5.74) is 6.00. The number of esters is 1. The van der Waals surface area contributed by atoms with E-state index in [4.69, 9.17) is 25.6 Å². The summed E-state index contributed by atoms with van der Waals surface area (Å²) in [5.74, 6) is 0.305. The lowest BCUT2D eigenvalue weighted by Gasteiger charge is -2.09. The third-order valence-electron chi connectivity index (χ3n) is 6.24. The molecule has 1 aromatic heterocycles. The van der Waals surface area contributed by atoms with Gasteiger partial charge in [-0.25, -0.2) is 4.79 Å². The Morgan fingerprint density at radius 1 is 0.897 bits per heavy atom. The second kappa shape index (κ2) is 13.6. The maximum absolute atomic E-state index is 12.5. The fraction of sp³-hybridized carbons (Fsp3) is 0.258. The van der Waals surface area contributed by atoms with Crippen LogP contribution in [0.1, 0.15) is 36.6 Å². The van der Waals surface area contributed by atoms with Gasteiger partial charge in [0.1, 0.15) is 11.4 Å². The molecule has 0 saturated carbocycles. The number of nitrogens with one attached hydrogen (secondary N) is 1. The third kappa shape index (κ3) is 7.71. The highest BCUT2D eigenvalue weighted by Gasteiger charge is 2.18. The van der Waals surface area contributed by atoms with Gasteiger partial charge in [-0.05, 0) is 55.0 Å². The van der Waals surface area contributed by atoms with Crippen molar-refractivity contribution in [3.05, 3.63) is 94.6 Å². The van der Waals surface area contributed by atoms with Crippen LogP contribution >= 0.6 is 11.6 Å². The van der Waals surface area contributed by atoms with Crippen molar-refractivity contribution in [2.24, 2.45) is 0 Å². The van der Waals surface area contributed by atoms with E-state index < -0.39 is 6.09 Å². The number of nitrogens with zero attached hydrogens (tertiary/aromatic N) is 1. The Morgan fingerprint density at radius 3 is 2.26 bits per heavy atom. The molecule has 0 unspecified atom stereocenters. The van der Waals surface area contributed by atoms with Crippen LogP contribution in [0.25, 0.3) is 22.5 Å². The fourth-order valence-electron chi connectivity index (χ4n) is 4.15. The minimum Gasteiger partial charge on any atom is -0.466 e. The van der Waals surface area contributed by atoms with E-state index in [1.165, 1.54) is 5.56 Å².